The summed E-state index contributed by atoms with van der Waals surface area (Å²) in [5.74, 6) is -0.196. The van der Waals surface area contributed by atoms with Crippen LogP contribution < -0.4 is 5.32 Å². The van der Waals surface area contributed by atoms with E-state index in [-0.39, 0.29) is 17.3 Å². The quantitative estimate of drug-likeness (QED) is 0.224. The molecule has 0 saturated heterocycles. The molecular weight excluding hydrogens is 450 g/mol. The Morgan fingerprint density at radius 1 is 1.22 bits per heavy atom. The van der Waals surface area contributed by atoms with E-state index in [0.717, 1.165) is 28.6 Å². The molecule has 0 atom stereocenters. The number of thioether (sulfide) groups is 1. The van der Waals surface area contributed by atoms with Gasteiger partial charge in [0.2, 0.25) is 11.1 Å². The van der Waals surface area contributed by atoms with Gasteiger partial charge in [0.15, 0.2) is 10.8 Å². The topological polar surface area (TPSA) is 129 Å². The van der Waals surface area contributed by atoms with Gasteiger partial charge in [-0.05, 0) is 19.1 Å². The maximum absolute atomic E-state index is 12.4. The number of hydrogen-bond donors (Lipinski definition) is 1. The van der Waals surface area contributed by atoms with Crippen molar-refractivity contribution >= 4 is 72.1 Å². The number of anilines is 1. The van der Waals surface area contributed by atoms with E-state index in [0.29, 0.717) is 20.5 Å². The number of rotatable bonds is 6. The van der Waals surface area contributed by atoms with Crippen molar-refractivity contribution in [3.63, 3.8) is 0 Å². The van der Waals surface area contributed by atoms with Crippen LogP contribution in [0.1, 0.15) is 6.92 Å². The molecule has 5 aromatic rings. The van der Waals surface area contributed by atoms with Crippen LogP contribution in [0.4, 0.5) is 10.8 Å². The zero-order valence-corrected chi connectivity index (χ0v) is 18.3. The Balaban J connectivity index is 1.32. The van der Waals surface area contributed by atoms with Crippen LogP contribution in [0.2, 0.25) is 0 Å². The van der Waals surface area contributed by atoms with Gasteiger partial charge in [0, 0.05) is 24.1 Å². The highest BCUT2D eigenvalue weighted by Crippen LogP contribution is 2.30. The third-order valence-corrected chi connectivity index (χ3v) is 6.60. The number of amides is 1. The number of carbonyl (C=O) groups excluding carboxylic acids is 1. The lowest BCUT2D eigenvalue weighted by Crippen LogP contribution is -2.14. The number of nitro benzene ring substituents is 1. The fraction of sp³-hybridized carbons (Fsp3) is 0.150. The van der Waals surface area contributed by atoms with Crippen molar-refractivity contribution in [1.82, 2.24) is 24.7 Å². The first kappa shape index (κ1) is 20.3. The molecule has 160 valence electrons. The van der Waals surface area contributed by atoms with Crippen molar-refractivity contribution in [2.75, 3.05) is 11.1 Å². The molecule has 0 saturated carbocycles. The van der Waals surface area contributed by atoms with Gasteiger partial charge in [-0.1, -0.05) is 41.3 Å². The van der Waals surface area contributed by atoms with Crippen LogP contribution >= 0.6 is 23.1 Å². The third-order valence-electron chi connectivity index (χ3n) is 4.83. The molecule has 32 heavy (non-hydrogen) atoms. The predicted molar refractivity (Wildman–Crippen MR) is 124 cm³/mol. The van der Waals surface area contributed by atoms with Crippen LogP contribution in [0.15, 0.2) is 47.6 Å². The molecule has 0 spiro atoms. The van der Waals surface area contributed by atoms with Gasteiger partial charge in [0.05, 0.1) is 26.4 Å². The lowest BCUT2D eigenvalue weighted by atomic mass is 10.2. The molecule has 12 heteroatoms. The molecule has 0 unspecified atom stereocenters. The molecule has 0 fully saturated rings. The minimum Gasteiger partial charge on any atom is -0.324 e. The van der Waals surface area contributed by atoms with Crippen LogP contribution in [0.3, 0.4) is 0 Å². The molecular formula is C20H15N7O3S2. The number of carbonyl (C=O) groups is 1. The SMILES string of the molecule is CCn1c2ccccc2c2nnc(SCC(=O)Nc3nc4ccc([N+](=O)[O-])cc4s3)nc21. The van der Waals surface area contributed by atoms with Gasteiger partial charge in [-0.15, -0.1) is 10.2 Å². The molecule has 10 nitrogen and oxygen atoms in total. The summed E-state index contributed by atoms with van der Waals surface area (Å²) in [6, 6.07) is 12.3. The number of para-hydroxylation sites is 1. The van der Waals surface area contributed by atoms with Crippen molar-refractivity contribution in [3.05, 3.63) is 52.6 Å². The van der Waals surface area contributed by atoms with Crippen LogP contribution in [0.25, 0.3) is 32.3 Å². The maximum Gasteiger partial charge on any atom is 0.270 e. The number of benzene rings is 2. The van der Waals surface area contributed by atoms with Crippen molar-refractivity contribution < 1.29 is 9.72 Å². The third kappa shape index (κ3) is 3.63. The van der Waals surface area contributed by atoms with Gasteiger partial charge in [0.1, 0.15) is 5.52 Å². The minimum atomic E-state index is -0.461. The number of non-ortho nitro benzene ring substituents is 1. The number of nitrogens with zero attached hydrogens (tertiary/aromatic N) is 6. The summed E-state index contributed by atoms with van der Waals surface area (Å²) in [7, 11) is 0. The van der Waals surface area contributed by atoms with Gasteiger partial charge in [-0.3, -0.25) is 14.9 Å². The highest BCUT2D eigenvalue weighted by atomic mass is 32.2. The van der Waals surface area contributed by atoms with Crippen molar-refractivity contribution in [2.24, 2.45) is 0 Å². The number of aromatic nitrogens is 5. The van der Waals surface area contributed by atoms with Gasteiger partial charge in [-0.25, -0.2) is 9.97 Å². The Labute approximate surface area is 188 Å². The van der Waals surface area contributed by atoms with Gasteiger partial charge >= 0.3 is 0 Å². The Hall–Kier alpha value is -3.64. The Morgan fingerprint density at radius 3 is 2.88 bits per heavy atom. The second kappa shape index (κ2) is 8.13. The Kier molecular flexibility index (Phi) is 5.15. The van der Waals surface area contributed by atoms with E-state index in [1.54, 1.807) is 6.07 Å². The molecule has 1 amide bonds. The Morgan fingerprint density at radius 2 is 2.06 bits per heavy atom. The number of nitro groups is 1. The standard InChI is InChI=1S/C20H15N7O3S2/c1-2-26-14-6-4-3-5-12(14)17-18(26)23-20(25-24-17)31-10-16(28)22-19-21-13-8-7-11(27(29)30)9-15(13)32-19/h3-9H,2,10H2,1H3,(H,21,22,28). The smallest absolute Gasteiger partial charge is 0.270 e. The van der Waals surface area contributed by atoms with Crippen molar-refractivity contribution in [2.45, 2.75) is 18.6 Å². The summed E-state index contributed by atoms with van der Waals surface area (Å²) < 4.78 is 2.71. The van der Waals surface area contributed by atoms with Gasteiger partial charge < -0.3 is 9.88 Å². The number of nitrogens with one attached hydrogen (secondary N) is 1. The molecule has 3 aromatic heterocycles. The maximum atomic E-state index is 12.4. The van der Waals surface area contributed by atoms with E-state index in [1.165, 1.54) is 35.2 Å². The highest BCUT2D eigenvalue weighted by Gasteiger charge is 2.16. The summed E-state index contributed by atoms with van der Waals surface area (Å²) in [6.07, 6.45) is 0. The second-order valence-corrected chi connectivity index (χ2v) is 8.77. The fourth-order valence-corrected chi connectivity index (χ4v) is 4.93. The average Bonchev–Trinajstić information content (AvgIpc) is 3.34. The van der Waals surface area contributed by atoms with Gasteiger partial charge in [-0.2, -0.15) is 0 Å². The molecule has 5 rings (SSSR count). The number of fused-ring (bicyclic) bond motifs is 4. The molecule has 0 aliphatic heterocycles. The zero-order chi connectivity index (χ0) is 22.2. The highest BCUT2D eigenvalue weighted by molar-refractivity contribution is 7.99. The summed E-state index contributed by atoms with van der Waals surface area (Å²) in [6.45, 7) is 2.78. The molecule has 1 N–H and O–H groups in total. The molecule has 0 radical (unpaired) electrons. The molecule has 2 aromatic carbocycles. The van der Waals surface area contributed by atoms with Crippen molar-refractivity contribution in [1.29, 1.82) is 0 Å². The largest absolute Gasteiger partial charge is 0.324 e. The molecule has 3 heterocycles. The van der Waals surface area contributed by atoms with Gasteiger partial charge in [0.25, 0.3) is 5.69 Å². The molecule has 0 aliphatic rings. The van der Waals surface area contributed by atoms with E-state index in [9.17, 15) is 14.9 Å². The molecule has 0 bridgehead atoms. The Bertz CT molecular complexity index is 1510. The van der Waals surface area contributed by atoms with Crippen LogP contribution in [0.5, 0.6) is 0 Å². The number of aryl methyl sites for hydroxylation is 1. The average molecular weight is 466 g/mol. The van der Waals surface area contributed by atoms with E-state index in [2.05, 4.69) is 30.0 Å². The predicted octanol–water partition coefficient (Wildman–Crippen LogP) is 4.25. The monoisotopic (exact) mass is 465 g/mol. The summed E-state index contributed by atoms with van der Waals surface area (Å²) in [5, 5.41) is 23.9. The van der Waals surface area contributed by atoms with Crippen LogP contribution in [-0.2, 0) is 11.3 Å². The fourth-order valence-electron chi connectivity index (χ4n) is 3.44. The lowest BCUT2D eigenvalue weighted by molar-refractivity contribution is -0.384. The normalized spacial score (nSPS) is 11.4. The lowest BCUT2D eigenvalue weighted by Gasteiger charge is -2.03. The van der Waals surface area contributed by atoms with Crippen molar-refractivity contribution in [3.8, 4) is 0 Å². The zero-order valence-electron chi connectivity index (χ0n) is 16.7. The van der Waals surface area contributed by atoms with E-state index < -0.39 is 4.92 Å². The van der Waals surface area contributed by atoms with E-state index in [1.807, 2.05) is 31.2 Å². The summed E-state index contributed by atoms with van der Waals surface area (Å²) in [5.41, 5.74) is 3.09. The van der Waals surface area contributed by atoms with Crippen LogP contribution in [-0.4, -0.2) is 41.3 Å². The first-order chi connectivity index (χ1) is 15.5. The summed E-state index contributed by atoms with van der Waals surface area (Å²) in [4.78, 5) is 31.8. The van der Waals surface area contributed by atoms with E-state index in [4.69, 9.17) is 0 Å². The molecule has 0 aliphatic carbocycles. The minimum absolute atomic E-state index is 0.0147. The van der Waals surface area contributed by atoms with E-state index >= 15 is 0 Å². The summed E-state index contributed by atoms with van der Waals surface area (Å²) >= 11 is 2.37. The number of thiazole rings is 1. The first-order valence-corrected chi connectivity index (χ1v) is 11.4. The van der Waals surface area contributed by atoms with Crippen LogP contribution in [0, 0.1) is 10.1 Å². The number of hydrogen-bond acceptors (Lipinski definition) is 9. The first-order valence-electron chi connectivity index (χ1n) is 9.63. The second-order valence-electron chi connectivity index (χ2n) is 6.79.